The Morgan fingerprint density at radius 2 is 2.15 bits per heavy atom. The zero-order valence-corrected chi connectivity index (χ0v) is 12.2. The lowest BCUT2D eigenvalue weighted by molar-refractivity contribution is 0.307. The van der Waals surface area contributed by atoms with Gasteiger partial charge in [-0.15, -0.1) is 0 Å². The molecule has 0 aliphatic carbocycles. The molecule has 0 saturated heterocycles. The van der Waals surface area contributed by atoms with Gasteiger partial charge < -0.3 is 15.8 Å². The lowest BCUT2D eigenvalue weighted by Gasteiger charge is -2.10. The predicted octanol–water partition coefficient (Wildman–Crippen LogP) is 2.49. The number of anilines is 3. The summed E-state index contributed by atoms with van der Waals surface area (Å²) >= 11 is 0. The average Bonchev–Trinajstić information content (AvgIpc) is 2.79. The number of ether oxygens (including phenoxy) is 1. The molecule has 0 unspecified atom stereocenters. The van der Waals surface area contributed by atoms with E-state index in [0.29, 0.717) is 24.0 Å². The van der Waals surface area contributed by atoms with Crippen molar-refractivity contribution >= 4 is 17.2 Å². The Morgan fingerprint density at radius 1 is 1.35 bits per heavy atom. The van der Waals surface area contributed by atoms with Gasteiger partial charge in [0, 0.05) is 13.2 Å². The molecule has 0 saturated carbocycles. The van der Waals surface area contributed by atoms with Crippen LogP contribution in [0.2, 0.25) is 0 Å². The Kier molecular flexibility index (Phi) is 4.45. The molecular weight excluding hydrogens is 254 g/mol. The zero-order valence-electron chi connectivity index (χ0n) is 12.2. The number of nitrogen functional groups attached to an aromatic ring is 1. The van der Waals surface area contributed by atoms with Crippen molar-refractivity contribution in [1.82, 2.24) is 14.8 Å². The minimum atomic E-state index is 0.471. The smallest absolute Gasteiger partial charge is 0.239 e. The fourth-order valence-corrected chi connectivity index (χ4v) is 1.87. The molecule has 0 spiro atoms. The number of aromatic nitrogens is 3. The number of aryl methyl sites for hydroxylation is 2. The van der Waals surface area contributed by atoms with E-state index in [1.165, 1.54) is 0 Å². The second-order valence-electron chi connectivity index (χ2n) is 4.58. The van der Waals surface area contributed by atoms with Gasteiger partial charge >= 0.3 is 0 Å². The Morgan fingerprint density at radius 3 is 2.85 bits per heavy atom. The molecule has 2 rings (SSSR count). The Balaban J connectivity index is 2.20. The molecule has 2 aromatic rings. The molecule has 2 aromatic heterocycles. The predicted molar refractivity (Wildman–Crippen MR) is 80.3 cm³/mol. The number of nitrogens with one attached hydrogen (secondary N) is 1. The van der Waals surface area contributed by atoms with Crippen molar-refractivity contribution in [3.8, 4) is 5.88 Å². The highest BCUT2D eigenvalue weighted by molar-refractivity contribution is 5.61. The normalized spacial score (nSPS) is 10.6. The van der Waals surface area contributed by atoms with Gasteiger partial charge in [-0.3, -0.25) is 4.68 Å². The van der Waals surface area contributed by atoms with E-state index in [-0.39, 0.29) is 0 Å². The van der Waals surface area contributed by atoms with Crippen LogP contribution in [0.5, 0.6) is 5.88 Å². The molecule has 0 aromatic carbocycles. The topological polar surface area (TPSA) is 78.0 Å². The van der Waals surface area contributed by atoms with E-state index < -0.39 is 0 Å². The summed E-state index contributed by atoms with van der Waals surface area (Å²) in [6.45, 7) is 4.72. The van der Waals surface area contributed by atoms with Gasteiger partial charge in [-0.25, -0.2) is 0 Å². The fraction of sp³-hybridized carbons (Fsp3) is 0.429. The van der Waals surface area contributed by atoms with E-state index in [0.717, 1.165) is 24.2 Å². The molecule has 108 valence electrons. The number of nitrogens with zero attached hydrogens (tertiary/aromatic N) is 3. The Bertz CT molecular complexity index is 579. The van der Waals surface area contributed by atoms with Gasteiger partial charge in [-0.1, -0.05) is 13.8 Å². The van der Waals surface area contributed by atoms with Gasteiger partial charge in [0.2, 0.25) is 5.88 Å². The number of rotatable bonds is 6. The van der Waals surface area contributed by atoms with Crippen LogP contribution < -0.4 is 15.8 Å². The summed E-state index contributed by atoms with van der Waals surface area (Å²) in [5.74, 6) is 1.17. The third-order valence-corrected chi connectivity index (χ3v) is 2.84. The summed E-state index contributed by atoms with van der Waals surface area (Å²) in [5.41, 5.74) is 8.35. The van der Waals surface area contributed by atoms with E-state index in [4.69, 9.17) is 10.5 Å². The lowest BCUT2D eigenvalue weighted by Crippen LogP contribution is -2.03. The second kappa shape index (κ2) is 6.27. The van der Waals surface area contributed by atoms with Crippen molar-refractivity contribution in [3.05, 3.63) is 24.0 Å². The van der Waals surface area contributed by atoms with Crippen LogP contribution in [0, 0.1) is 0 Å². The van der Waals surface area contributed by atoms with E-state index in [1.807, 2.05) is 26.2 Å². The largest absolute Gasteiger partial charge is 0.476 e. The van der Waals surface area contributed by atoms with Crippen LogP contribution in [0.25, 0.3) is 0 Å². The highest BCUT2D eigenvalue weighted by Gasteiger charge is 2.09. The molecule has 20 heavy (non-hydrogen) atoms. The van der Waals surface area contributed by atoms with Crippen molar-refractivity contribution in [1.29, 1.82) is 0 Å². The number of hydrogen-bond acceptors (Lipinski definition) is 5. The van der Waals surface area contributed by atoms with Crippen LogP contribution in [-0.2, 0) is 13.5 Å². The maximum absolute atomic E-state index is 5.85. The first-order valence-corrected chi connectivity index (χ1v) is 6.82. The minimum Gasteiger partial charge on any atom is -0.476 e. The first-order chi connectivity index (χ1) is 9.63. The van der Waals surface area contributed by atoms with Crippen LogP contribution in [0.1, 0.15) is 26.0 Å². The van der Waals surface area contributed by atoms with E-state index in [1.54, 1.807) is 10.7 Å². The summed E-state index contributed by atoms with van der Waals surface area (Å²) in [5, 5.41) is 7.64. The van der Waals surface area contributed by atoms with Gasteiger partial charge in [0.05, 0.1) is 23.7 Å². The first-order valence-electron chi connectivity index (χ1n) is 6.82. The molecule has 0 radical (unpaired) electrons. The zero-order chi connectivity index (χ0) is 14.5. The summed E-state index contributed by atoms with van der Waals surface area (Å²) in [6, 6.07) is 3.63. The van der Waals surface area contributed by atoms with Crippen molar-refractivity contribution < 1.29 is 4.74 Å². The molecule has 0 amide bonds. The highest BCUT2D eigenvalue weighted by Crippen LogP contribution is 2.24. The summed E-state index contributed by atoms with van der Waals surface area (Å²) in [6.07, 6.45) is 3.71. The standard InChI is InChI=1S/C14H21N5O/c1-4-8-20-14-10(15)6-7-13(17-14)16-12-9-19(3)18-11(12)5-2/h6-7,9H,4-5,8,15H2,1-3H3,(H,16,17). The third kappa shape index (κ3) is 3.20. The van der Waals surface area contributed by atoms with Crippen molar-refractivity contribution in [2.75, 3.05) is 17.7 Å². The second-order valence-corrected chi connectivity index (χ2v) is 4.58. The highest BCUT2D eigenvalue weighted by atomic mass is 16.5. The quantitative estimate of drug-likeness (QED) is 0.847. The monoisotopic (exact) mass is 275 g/mol. The van der Waals surface area contributed by atoms with Crippen molar-refractivity contribution in [3.63, 3.8) is 0 Å². The van der Waals surface area contributed by atoms with E-state index in [2.05, 4.69) is 22.3 Å². The molecule has 0 aliphatic rings. The third-order valence-electron chi connectivity index (χ3n) is 2.84. The van der Waals surface area contributed by atoms with Crippen LogP contribution in [-0.4, -0.2) is 21.4 Å². The number of pyridine rings is 1. The number of hydrogen-bond donors (Lipinski definition) is 2. The van der Waals surface area contributed by atoms with Crippen LogP contribution in [0.15, 0.2) is 18.3 Å². The van der Waals surface area contributed by atoms with Gasteiger partial charge in [0.25, 0.3) is 0 Å². The molecule has 0 aliphatic heterocycles. The van der Waals surface area contributed by atoms with Crippen molar-refractivity contribution in [2.24, 2.45) is 7.05 Å². The SMILES string of the molecule is CCCOc1nc(Nc2cn(C)nc2CC)ccc1N. The molecule has 0 bridgehead atoms. The maximum atomic E-state index is 5.85. The van der Waals surface area contributed by atoms with E-state index in [9.17, 15) is 0 Å². The summed E-state index contributed by atoms with van der Waals surface area (Å²) in [4.78, 5) is 4.39. The number of nitrogens with two attached hydrogens (primary N) is 1. The molecule has 6 nitrogen and oxygen atoms in total. The molecular formula is C14H21N5O. The van der Waals surface area contributed by atoms with E-state index >= 15 is 0 Å². The molecule has 2 heterocycles. The van der Waals surface area contributed by atoms with Crippen LogP contribution in [0.4, 0.5) is 17.2 Å². The molecule has 0 fully saturated rings. The fourth-order valence-electron chi connectivity index (χ4n) is 1.87. The Labute approximate surface area is 119 Å². The van der Waals surface area contributed by atoms with Crippen LogP contribution >= 0.6 is 0 Å². The minimum absolute atomic E-state index is 0.471. The van der Waals surface area contributed by atoms with Crippen molar-refractivity contribution in [2.45, 2.75) is 26.7 Å². The average molecular weight is 275 g/mol. The maximum Gasteiger partial charge on any atom is 0.239 e. The summed E-state index contributed by atoms with van der Waals surface area (Å²) < 4.78 is 7.31. The molecule has 3 N–H and O–H groups in total. The van der Waals surface area contributed by atoms with Gasteiger partial charge in [-0.05, 0) is 25.0 Å². The first kappa shape index (κ1) is 14.2. The molecule has 0 atom stereocenters. The van der Waals surface area contributed by atoms with Gasteiger partial charge in [0.15, 0.2) is 0 Å². The molecule has 6 heteroatoms. The van der Waals surface area contributed by atoms with Gasteiger partial charge in [0.1, 0.15) is 5.82 Å². The van der Waals surface area contributed by atoms with Crippen LogP contribution in [0.3, 0.4) is 0 Å². The lowest BCUT2D eigenvalue weighted by atomic mass is 10.3. The van der Waals surface area contributed by atoms with Gasteiger partial charge in [-0.2, -0.15) is 10.1 Å². The Hall–Kier alpha value is -2.24. The summed E-state index contributed by atoms with van der Waals surface area (Å²) in [7, 11) is 1.90.